The molecule has 1 aromatic heterocycles. The van der Waals surface area contributed by atoms with Gasteiger partial charge in [0.25, 0.3) is 11.2 Å². The Balaban J connectivity index is 2.00. The normalized spacial score (nSPS) is 15.3. The first-order valence-electron chi connectivity index (χ1n) is 11.0. The van der Waals surface area contributed by atoms with Crippen molar-refractivity contribution in [1.29, 1.82) is 0 Å². The highest BCUT2D eigenvalue weighted by Gasteiger charge is 2.34. The third kappa shape index (κ3) is 4.40. The van der Waals surface area contributed by atoms with Crippen LogP contribution in [0.25, 0.3) is 6.08 Å². The van der Waals surface area contributed by atoms with Crippen molar-refractivity contribution in [2.75, 3.05) is 13.7 Å². The molecule has 11 heteroatoms. The Morgan fingerprint density at radius 2 is 2.03 bits per heavy atom. The van der Waals surface area contributed by atoms with Crippen LogP contribution in [-0.2, 0) is 9.53 Å². The number of esters is 1. The van der Waals surface area contributed by atoms with Gasteiger partial charge in [-0.1, -0.05) is 23.5 Å². The number of aromatic nitrogens is 1. The summed E-state index contributed by atoms with van der Waals surface area (Å²) in [4.78, 5) is 42.5. The fourth-order valence-electron chi connectivity index (χ4n) is 4.02. The summed E-state index contributed by atoms with van der Waals surface area (Å²) in [5.41, 5.74) is 1.06. The molecular weight excluding hydrogens is 486 g/mol. The number of aromatic hydroxyl groups is 1. The van der Waals surface area contributed by atoms with E-state index in [0.717, 1.165) is 11.3 Å². The van der Waals surface area contributed by atoms with Crippen molar-refractivity contribution < 1.29 is 24.3 Å². The van der Waals surface area contributed by atoms with E-state index in [4.69, 9.17) is 9.47 Å². The second-order valence-electron chi connectivity index (χ2n) is 8.03. The van der Waals surface area contributed by atoms with Gasteiger partial charge in [0, 0.05) is 17.2 Å². The highest BCUT2D eigenvalue weighted by Crippen LogP contribution is 2.33. The number of thiazole rings is 1. The molecule has 0 radical (unpaired) electrons. The van der Waals surface area contributed by atoms with Crippen LogP contribution < -0.4 is 19.6 Å². The molecule has 1 aliphatic heterocycles. The van der Waals surface area contributed by atoms with Gasteiger partial charge in [-0.15, -0.1) is 0 Å². The minimum absolute atomic E-state index is 0.0456. The summed E-state index contributed by atoms with van der Waals surface area (Å²) in [5, 5.41) is 21.9. The van der Waals surface area contributed by atoms with Crippen LogP contribution in [-0.4, -0.2) is 34.3 Å². The molecule has 0 unspecified atom stereocenters. The molecule has 1 aliphatic rings. The summed E-state index contributed by atoms with van der Waals surface area (Å²) in [5.74, 6) is -0.209. The first-order chi connectivity index (χ1) is 17.2. The molecule has 3 aromatic rings. The number of nitro benzene ring substituents is 1. The van der Waals surface area contributed by atoms with E-state index in [1.807, 2.05) is 0 Å². The topological polar surface area (TPSA) is 133 Å². The number of nitrogens with zero attached hydrogens (tertiary/aromatic N) is 3. The average Bonchev–Trinajstić information content (AvgIpc) is 3.14. The molecule has 4 rings (SSSR count). The lowest BCUT2D eigenvalue weighted by Gasteiger charge is -2.24. The first-order valence-corrected chi connectivity index (χ1v) is 11.8. The molecule has 0 spiro atoms. The van der Waals surface area contributed by atoms with E-state index < -0.39 is 22.5 Å². The van der Waals surface area contributed by atoms with E-state index in [1.165, 1.54) is 29.9 Å². The standard InChI is InChI=1S/C25H23N3O7S/c1-5-35-24(31)21-14(3)26-25-27(22(21)15-7-6-13(2)18(11-15)28(32)33)23(30)20(36-25)12-16-10-17(34-4)8-9-19(16)29/h6-12,22,29H,5H2,1-4H3/b20-12+/t22-/m0/s1. The quantitative estimate of drug-likeness (QED) is 0.307. The monoisotopic (exact) mass is 509 g/mol. The van der Waals surface area contributed by atoms with Gasteiger partial charge in [-0.25, -0.2) is 9.79 Å². The van der Waals surface area contributed by atoms with E-state index in [-0.39, 0.29) is 28.1 Å². The number of hydrogen-bond acceptors (Lipinski definition) is 9. The lowest BCUT2D eigenvalue weighted by Crippen LogP contribution is -2.40. The molecule has 2 aromatic carbocycles. The highest BCUT2D eigenvalue weighted by molar-refractivity contribution is 7.07. The van der Waals surface area contributed by atoms with Crippen molar-refractivity contribution in [2.24, 2.45) is 4.99 Å². The molecule has 0 amide bonds. The summed E-state index contributed by atoms with van der Waals surface area (Å²) < 4.78 is 12.0. The lowest BCUT2D eigenvalue weighted by atomic mass is 9.94. The molecule has 10 nitrogen and oxygen atoms in total. The summed E-state index contributed by atoms with van der Waals surface area (Å²) in [6, 6.07) is 8.24. The third-order valence-corrected chi connectivity index (χ3v) is 6.77. The van der Waals surface area contributed by atoms with Crippen molar-refractivity contribution >= 4 is 29.1 Å². The minimum Gasteiger partial charge on any atom is -0.507 e. The summed E-state index contributed by atoms with van der Waals surface area (Å²) in [7, 11) is 1.49. The summed E-state index contributed by atoms with van der Waals surface area (Å²) in [6.45, 7) is 5.01. The minimum atomic E-state index is -0.986. The second kappa shape index (κ2) is 9.78. The maximum Gasteiger partial charge on any atom is 0.338 e. The lowest BCUT2D eigenvalue weighted by molar-refractivity contribution is -0.385. The molecule has 186 valence electrons. The van der Waals surface area contributed by atoms with Gasteiger partial charge in [-0.05, 0) is 50.6 Å². The van der Waals surface area contributed by atoms with Gasteiger partial charge >= 0.3 is 5.97 Å². The molecule has 0 bridgehead atoms. The van der Waals surface area contributed by atoms with Crippen LogP contribution in [0.4, 0.5) is 5.69 Å². The van der Waals surface area contributed by atoms with Gasteiger partial charge in [0.15, 0.2) is 4.80 Å². The zero-order valence-electron chi connectivity index (χ0n) is 20.0. The number of methoxy groups -OCH3 is 1. The average molecular weight is 510 g/mol. The van der Waals surface area contributed by atoms with Crippen molar-refractivity contribution in [3.8, 4) is 11.5 Å². The number of carbonyl (C=O) groups is 1. The molecule has 1 N–H and O–H groups in total. The van der Waals surface area contributed by atoms with E-state index in [2.05, 4.69) is 4.99 Å². The Hall–Kier alpha value is -4.25. The van der Waals surface area contributed by atoms with Crippen LogP contribution in [0.3, 0.4) is 0 Å². The Morgan fingerprint density at radius 1 is 1.28 bits per heavy atom. The van der Waals surface area contributed by atoms with Crippen molar-refractivity contribution in [3.05, 3.63) is 94.2 Å². The van der Waals surface area contributed by atoms with Gasteiger partial charge in [0.2, 0.25) is 0 Å². The fourth-order valence-corrected chi connectivity index (χ4v) is 5.05. The number of hydrogen-bond donors (Lipinski definition) is 1. The van der Waals surface area contributed by atoms with Gasteiger partial charge in [-0.3, -0.25) is 19.5 Å². The number of rotatable bonds is 6. The van der Waals surface area contributed by atoms with Crippen LogP contribution in [0.1, 0.15) is 36.6 Å². The summed E-state index contributed by atoms with van der Waals surface area (Å²) in [6.07, 6.45) is 1.51. The van der Waals surface area contributed by atoms with Crippen molar-refractivity contribution in [3.63, 3.8) is 0 Å². The number of nitro groups is 1. The highest BCUT2D eigenvalue weighted by atomic mass is 32.1. The van der Waals surface area contributed by atoms with Crippen LogP contribution in [0.15, 0.2) is 57.5 Å². The number of phenols is 1. The van der Waals surface area contributed by atoms with E-state index in [0.29, 0.717) is 32.9 Å². The fraction of sp³-hybridized carbons (Fsp3) is 0.240. The molecule has 36 heavy (non-hydrogen) atoms. The van der Waals surface area contributed by atoms with Crippen LogP contribution in [0.2, 0.25) is 0 Å². The van der Waals surface area contributed by atoms with Crippen LogP contribution >= 0.6 is 11.3 Å². The van der Waals surface area contributed by atoms with Gasteiger partial charge < -0.3 is 14.6 Å². The van der Waals surface area contributed by atoms with E-state index in [1.54, 1.807) is 45.0 Å². The van der Waals surface area contributed by atoms with Crippen molar-refractivity contribution in [2.45, 2.75) is 26.8 Å². The Kier molecular flexibility index (Phi) is 6.75. The molecule has 0 aliphatic carbocycles. The number of ether oxygens (including phenoxy) is 2. The van der Waals surface area contributed by atoms with E-state index >= 15 is 0 Å². The van der Waals surface area contributed by atoms with Gasteiger partial charge in [0.05, 0.1) is 40.5 Å². The zero-order chi connectivity index (χ0) is 26.1. The van der Waals surface area contributed by atoms with E-state index in [9.17, 15) is 24.8 Å². The SMILES string of the molecule is CCOC(=O)C1=C(C)N=c2s/c(=C/c3cc(OC)ccc3O)c(=O)n2[C@H]1c1ccc(C)c([N+](=O)[O-])c1. The number of phenolic OH excluding ortho intramolecular Hbond substituents is 1. The molecular formula is C25H23N3O7S. The molecule has 0 saturated heterocycles. The smallest absolute Gasteiger partial charge is 0.338 e. The maximum atomic E-state index is 13.6. The van der Waals surface area contributed by atoms with Gasteiger partial charge in [-0.2, -0.15) is 0 Å². The zero-order valence-corrected chi connectivity index (χ0v) is 20.8. The summed E-state index contributed by atoms with van der Waals surface area (Å²) >= 11 is 1.08. The number of benzene rings is 2. The predicted molar refractivity (Wildman–Crippen MR) is 133 cm³/mol. The Labute approximate surface area is 209 Å². The van der Waals surface area contributed by atoms with Crippen LogP contribution in [0, 0.1) is 17.0 Å². The number of carbonyl (C=O) groups excluding carboxylic acids is 1. The number of aryl methyl sites for hydroxylation is 1. The maximum absolute atomic E-state index is 13.6. The number of fused-ring (bicyclic) bond motifs is 1. The molecule has 1 atom stereocenters. The molecule has 0 fully saturated rings. The third-order valence-electron chi connectivity index (χ3n) is 5.78. The Morgan fingerprint density at radius 3 is 2.69 bits per heavy atom. The van der Waals surface area contributed by atoms with Gasteiger partial charge in [0.1, 0.15) is 11.5 Å². The largest absolute Gasteiger partial charge is 0.507 e. The van der Waals surface area contributed by atoms with Crippen molar-refractivity contribution in [1.82, 2.24) is 4.57 Å². The Bertz CT molecular complexity index is 1600. The second-order valence-corrected chi connectivity index (χ2v) is 9.04. The first kappa shape index (κ1) is 24.9. The predicted octanol–water partition coefficient (Wildman–Crippen LogP) is 2.73. The molecule has 2 heterocycles. The molecule has 0 saturated carbocycles. The van der Waals surface area contributed by atoms with Crippen LogP contribution in [0.5, 0.6) is 11.5 Å². The number of allylic oxidation sites excluding steroid dienone is 1.